The van der Waals surface area contributed by atoms with Gasteiger partial charge in [0.1, 0.15) is 0 Å². The van der Waals surface area contributed by atoms with Crippen LogP contribution in [0.1, 0.15) is 18.4 Å². The van der Waals surface area contributed by atoms with Crippen LogP contribution >= 0.6 is 0 Å². The largest absolute Gasteiger partial charge is 0.399 e. The first-order valence-electron chi connectivity index (χ1n) is 4.58. The van der Waals surface area contributed by atoms with Gasteiger partial charge in [0.2, 0.25) is 0 Å². The molecule has 0 amide bonds. The summed E-state index contributed by atoms with van der Waals surface area (Å²) in [5.74, 6) is 0.794. The smallest absolute Gasteiger partial charge is 0.0340 e. The molecule has 0 saturated heterocycles. The Balaban J connectivity index is 2.18. The maximum atomic E-state index is 5.67. The molecule has 0 unspecified atom stereocenters. The molecule has 4 N–H and O–H groups in total. The number of anilines is 2. The van der Waals surface area contributed by atoms with E-state index < -0.39 is 0 Å². The molecule has 1 aromatic rings. The summed E-state index contributed by atoms with van der Waals surface area (Å²) in [4.78, 5) is 0. The Morgan fingerprint density at radius 2 is 1.69 bits per heavy atom. The van der Waals surface area contributed by atoms with E-state index in [0.29, 0.717) is 0 Å². The molecule has 1 aliphatic carbocycles. The van der Waals surface area contributed by atoms with Crippen molar-refractivity contribution < 1.29 is 0 Å². The molecule has 68 valence electrons. The van der Waals surface area contributed by atoms with Crippen molar-refractivity contribution in [3.63, 3.8) is 0 Å². The predicted octanol–water partition coefficient (Wildman–Crippen LogP) is 2.27. The van der Waals surface area contributed by atoms with E-state index in [0.717, 1.165) is 22.9 Å². The molecular weight excluding hydrogens is 160 g/mol. The zero-order chi connectivity index (χ0) is 9.26. The van der Waals surface area contributed by atoms with E-state index in [2.05, 4.69) is 12.2 Å². The lowest BCUT2D eigenvalue weighted by molar-refractivity contribution is 1.13. The number of hydrogen-bond acceptors (Lipinski definition) is 2. The highest BCUT2D eigenvalue weighted by Gasteiger charge is 2.16. The van der Waals surface area contributed by atoms with E-state index >= 15 is 0 Å². The third kappa shape index (κ3) is 2.25. The van der Waals surface area contributed by atoms with E-state index in [4.69, 9.17) is 11.5 Å². The lowest BCUT2D eigenvalue weighted by atomic mass is 10.1. The number of benzene rings is 1. The van der Waals surface area contributed by atoms with Gasteiger partial charge < -0.3 is 11.5 Å². The second kappa shape index (κ2) is 3.13. The lowest BCUT2D eigenvalue weighted by Gasteiger charge is -1.99. The van der Waals surface area contributed by atoms with Crippen LogP contribution < -0.4 is 11.5 Å². The molecule has 1 aliphatic rings. The van der Waals surface area contributed by atoms with E-state index in [1.807, 2.05) is 12.1 Å². The second-order valence-electron chi connectivity index (χ2n) is 3.63. The van der Waals surface area contributed by atoms with Crippen LogP contribution in [0, 0.1) is 5.92 Å². The average molecular weight is 174 g/mol. The highest BCUT2D eigenvalue weighted by molar-refractivity contribution is 5.63. The fraction of sp³-hybridized carbons (Fsp3) is 0.273. The van der Waals surface area contributed by atoms with Crippen molar-refractivity contribution in [2.75, 3.05) is 11.5 Å². The first kappa shape index (κ1) is 8.17. The molecule has 2 heteroatoms. The number of rotatable bonds is 2. The van der Waals surface area contributed by atoms with Gasteiger partial charge in [-0.1, -0.05) is 12.2 Å². The van der Waals surface area contributed by atoms with Gasteiger partial charge in [-0.3, -0.25) is 0 Å². The third-order valence-corrected chi connectivity index (χ3v) is 2.18. The van der Waals surface area contributed by atoms with Crippen molar-refractivity contribution >= 4 is 17.5 Å². The maximum absolute atomic E-state index is 5.67. The molecule has 2 nitrogen and oxygen atoms in total. The quantitative estimate of drug-likeness (QED) is 0.676. The first-order valence-corrected chi connectivity index (χ1v) is 4.58. The summed E-state index contributed by atoms with van der Waals surface area (Å²) >= 11 is 0. The summed E-state index contributed by atoms with van der Waals surface area (Å²) in [5.41, 5.74) is 13.9. The molecule has 1 saturated carbocycles. The normalized spacial score (nSPS) is 16.6. The molecule has 1 fully saturated rings. The lowest BCUT2D eigenvalue weighted by Crippen LogP contribution is -1.90. The van der Waals surface area contributed by atoms with Crippen molar-refractivity contribution in [2.45, 2.75) is 12.8 Å². The molecule has 0 heterocycles. The minimum absolute atomic E-state index is 0.732. The minimum Gasteiger partial charge on any atom is -0.399 e. The molecule has 0 aliphatic heterocycles. The van der Waals surface area contributed by atoms with Crippen molar-refractivity contribution in [1.29, 1.82) is 0 Å². The number of nitrogen functional groups attached to an aromatic ring is 2. The minimum atomic E-state index is 0.732. The first-order chi connectivity index (χ1) is 6.24. The van der Waals surface area contributed by atoms with Crippen molar-refractivity contribution in [2.24, 2.45) is 5.92 Å². The molecule has 0 aromatic heterocycles. The van der Waals surface area contributed by atoms with Gasteiger partial charge in [0.05, 0.1) is 0 Å². The van der Waals surface area contributed by atoms with Crippen LogP contribution in [-0.4, -0.2) is 0 Å². The van der Waals surface area contributed by atoms with Crippen LogP contribution in [0.5, 0.6) is 0 Å². The monoisotopic (exact) mass is 174 g/mol. The molecular formula is C11H14N2. The van der Waals surface area contributed by atoms with Crippen LogP contribution in [0.4, 0.5) is 11.4 Å². The van der Waals surface area contributed by atoms with Gasteiger partial charge in [-0.2, -0.15) is 0 Å². The van der Waals surface area contributed by atoms with Crippen LogP contribution in [0.25, 0.3) is 6.08 Å². The molecule has 1 aromatic carbocycles. The van der Waals surface area contributed by atoms with E-state index in [-0.39, 0.29) is 0 Å². The molecule has 0 bridgehead atoms. The second-order valence-corrected chi connectivity index (χ2v) is 3.63. The Bertz CT molecular complexity index is 318. The fourth-order valence-electron chi connectivity index (χ4n) is 1.33. The van der Waals surface area contributed by atoms with E-state index in [1.165, 1.54) is 12.8 Å². The van der Waals surface area contributed by atoms with E-state index in [1.54, 1.807) is 6.07 Å². The Morgan fingerprint density at radius 3 is 2.23 bits per heavy atom. The predicted molar refractivity (Wildman–Crippen MR) is 57.0 cm³/mol. The van der Waals surface area contributed by atoms with Crippen molar-refractivity contribution in [3.8, 4) is 0 Å². The van der Waals surface area contributed by atoms with Gasteiger partial charge in [-0.05, 0) is 42.5 Å². The summed E-state index contributed by atoms with van der Waals surface area (Å²) in [6.45, 7) is 0. The van der Waals surface area contributed by atoms with Gasteiger partial charge in [-0.25, -0.2) is 0 Å². The van der Waals surface area contributed by atoms with Crippen LogP contribution in [-0.2, 0) is 0 Å². The summed E-state index contributed by atoms with van der Waals surface area (Å²) in [6, 6.07) is 5.65. The van der Waals surface area contributed by atoms with Gasteiger partial charge >= 0.3 is 0 Å². The molecule has 0 atom stereocenters. The van der Waals surface area contributed by atoms with Crippen molar-refractivity contribution in [1.82, 2.24) is 0 Å². The Morgan fingerprint density at radius 1 is 1.08 bits per heavy atom. The summed E-state index contributed by atoms with van der Waals surface area (Å²) in [7, 11) is 0. The zero-order valence-corrected chi connectivity index (χ0v) is 7.53. The third-order valence-electron chi connectivity index (χ3n) is 2.18. The van der Waals surface area contributed by atoms with Crippen LogP contribution in [0.15, 0.2) is 24.3 Å². The van der Waals surface area contributed by atoms with Gasteiger partial charge in [0.25, 0.3) is 0 Å². The molecule has 0 spiro atoms. The van der Waals surface area contributed by atoms with E-state index in [9.17, 15) is 0 Å². The van der Waals surface area contributed by atoms with Crippen LogP contribution in [0.2, 0.25) is 0 Å². The Kier molecular flexibility index (Phi) is 1.97. The number of allylic oxidation sites excluding steroid dienone is 1. The molecule has 0 radical (unpaired) electrons. The highest BCUT2D eigenvalue weighted by Crippen LogP contribution is 2.31. The fourth-order valence-corrected chi connectivity index (χ4v) is 1.33. The van der Waals surface area contributed by atoms with Gasteiger partial charge in [0, 0.05) is 11.4 Å². The summed E-state index contributed by atoms with van der Waals surface area (Å²) < 4.78 is 0. The number of nitrogens with two attached hydrogens (primary N) is 2. The Hall–Kier alpha value is -1.44. The zero-order valence-electron chi connectivity index (χ0n) is 7.53. The summed E-state index contributed by atoms with van der Waals surface area (Å²) in [5, 5.41) is 0. The SMILES string of the molecule is Nc1cc(N)cc(C=CC2CC2)c1. The van der Waals surface area contributed by atoms with Gasteiger partial charge in [0.15, 0.2) is 0 Å². The average Bonchev–Trinajstić information content (AvgIpc) is 2.81. The maximum Gasteiger partial charge on any atom is 0.0340 e. The Labute approximate surface area is 78.2 Å². The molecule has 2 rings (SSSR count). The topological polar surface area (TPSA) is 52.0 Å². The standard InChI is InChI=1S/C11H14N2/c12-10-5-9(6-11(13)7-10)4-3-8-1-2-8/h3-8H,1-2,12-13H2. The van der Waals surface area contributed by atoms with Crippen molar-refractivity contribution in [3.05, 3.63) is 29.8 Å². The van der Waals surface area contributed by atoms with Gasteiger partial charge in [-0.15, -0.1) is 0 Å². The number of hydrogen-bond donors (Lipinski definition) is 2. The van der Waals surface area contributed by atoms with Crippen LogP contribution in [0.3, 0.4) is 0 Å². The highest BCUT2D eigenvalue weighted by atomic mass is 14.6. The summed E-state index contributed by atoms with van der Waals surface area (Å²) in [6.07, 6.45) is 6.99. The molecule has 13 heavy (non-hydrogen) atoms.